The zero-order valence-electron chi connectivity index (χ0n) is 12.3. The Kier molecular flexibility index (Phi) is 5.50. The van der Waals surface area contributed by atoms with Gasteiger partial charge in [0.1, 0.15) is 0 Å². The van der Waals surface area contributed by atoms with Crippen molar-refractivity contribution >= 4 is 0 Å². The molecule has 0 aromatic carbocycles. The van der Waals surface area contributed by atoms with Gasteiger partial charge in [-0.1, -0.05) is 26.7 Å². The largest absolute Gasteiger partial charge is 0.393 e. The van der Waals surface area contributed by atoms with Crippen LogP contribution in [0.3, 0.4) is 0 Å². The first-order chi connectivity index (χ1) is 8.69. The molecule has 1 aliphatic carbocycles. The van der Waals surface area contributed by atoms with Crippen molar-refractivity contribution in [2.45, 2.75) is 64.9 Å². The van der Waals surface area contributed by atoms with Gasteiger partial charge in [-0.15, -0.1) is 0 Å². The van der Waals surface area contributed by atoms with Gasteiger partial charge in [0.2, 0.25) is 0 Å². The van der Waals surface area contributed by atoms with E-state index in [0.29, 0.717) is 5.92 Å². The zero-order valence-corrected chi connectivity index (χ0v) is 12.3. The van der Waals surface area contributed by atoms with E-state index in [0.717, 1.165) is 24.8 Å². The summed E-state index contributed by atoms with van der Waals surface area (Å²) in [6.45, 7) is 8.31. The molecule has 2 rings (SSSR count). The summed E-state index contributed by atoms with van der Waals surface area (Å²) >= 11 is 0. The highest BCUT2D eigenvalue weighted by atomic mass is 16.3. The first-order valence-corrected chi connectivity index (χ1v) is 8.09. The first-order valence-electron chi connectivity index (χ1n) is 8.09. The van der Waals surface area contributed by atoms with E-state index in [1.54, 1.807) is 0 Å². The van der Waals surface area contributed by atoms with E-state index < -0.39 is 0 Å². The van der Waals surface area contributed by atoms with Gasteiger partial charge in [0, 0.05) is 6.54 Å². The SMILES string of the molecule is CCCC1CCN(CC2CC(C)CCC2O)CC1. The van der Waals surface area contributed by atoms with Gasteiger partial charge in [0.15, 0.2) is 0 Å². The summed E-state index contributed by atoms with van der Waals surface area (Å²) in [7, 11) is 0. The lowest BCUT2D eigenvalue weighted by atomic mass is 9.79. The van der Waals surface area contributed by atoms with E-state index in [1.807, 2.05) is 0 Å². The molecular formula is C16H31NO. The number of hydrogen-bond acceptors (Lipinski definition) is 2. The van der Waals surface area contributed by atoms with Gasteiger partial charge in [-0.2, -0.15) is 0 Å². The summed E-state index contributed by atoms with van der Waals surface area (Å²) in [6.07, 6.45) is 8.96. The lowest BCUT2D eigenvalue weighted by Gasteiger charge is -2.38. The molecule has 1 aliphatic heterocycles. The molecular weight excluding hydrogens is 222 g/mol. The van der Waals surface area contributed by atoms with E-state index in [9.17, 15) is 5.11 Å². The third-order valence-electron chi connectivity index (χ3n) is 5.10. The maximum Gasteiger partial charge on any atom is 0.0580 e. The van der Waals surface area contributed by atoms with E-state index in [4.69, 9.17) is 0 Å². The molecule has 1 saturated carbocycles. The fraction of sp³-hybridized carbons (Fsp3) is 1.00. The van der Waals surface area contributed by atoms with Gasteiger partial charge in [-0.05, 0) is 62.9 Å². The monoisotopic (exact) mass is 253 g/mol. The Hall–Kier alpha value is -0.0800. The topological polar surface area (TPSA) is 23.5 Å². The molecule has 3 unspecified atom stereocenters. The minimum absolute atomic E-state index is 0.0328. The Morgan fingerprint density at radius 1 is 1.11 bits per heavy atom. The van der Waals surface area contributed by atoms with E-state index in [1.165, 1.54) is 51.6 Å². The second-order valence-electron chi connectivity index (χ2n) is 6.78. The molecule has 0 radical (unpaired) electrons. The van der Waals surface area contributed by atoms with E-state index >= 15 is 0 Å². The van der Waals surface area contributed by atoms with Crippen molar-refractivity contribution in [2.24, 2.45) is 17.8 Å². The minimum atomic E-state index is -0.0328. The molecule has 0 amide bonds. The van der Waals surface area contributed by atoms with Gasteiger partial charge >= 0.3 is 0 Å². The maximum atomic E-state index is 10.1. The predicted molar refractivity (Wildman–Crippen MR) is 76.6 cm³/mol. The summed E-state index contributed by atoms with van der Waals surface area (Å²) in [5.74, 6) is 2.33. The number of hydrogen-bond donors (Lipinski definition) is 1. The van der Waals surface area contributed by atoms with Crippen LogP contribution in [0, 0.1) is 17.8 Å². The molecule has 1 N–H and O–H groups in total. The fourth-order valence-electron chi connectivity index (χ4n) is 3.88. The number of rotatable bonds is 4. The number of likely N-dealkylation sites (tertiary alicyclic amines) is 1. The first kappa shape index (κ1) is 14.3. The lowest BCUT2D eigenvalue weighted by Crippen LogP contribution is -2.42. The third kappa shape index (κ3) is 3.96. The van der Waals surface area contributed by atoms with Crippen molar-refractivity contribution < 1.29 is 5.11 Å². The van der Waals surface area contributed by atoms with Crippen LogP contribution in [-0.2, 0) is 0 Å². The predicted octanol–water partition coefficient (Wildman–Crippen LogP) is 3.30. The minimum Gasteiger partial charge on any atom is -0.393 e. The van der Waals surface area contributed by atoms with Crippen LogP contribution in [-0.4, -0.2) is 35.7 Å². The Bertz CT molecular complexity index is 235. The van der Waals surface area contributed by atoms with Crippen LogP contribution < -0.4 is 0 Å². The van der Waals surface area contributed by atoms with Crippen LogP contribution in [0.4, 0.5) is 0 Å². The summed E-state index contributed by atoms with van der Waals surface area (Å²) < 4.78 is 0. The molecule has 18 heavy (non-hydrogen) atoms. The zero-order chi connectivity index (χ0) is 13.0. The Balaban J connectivity index is 1.73. The van der Waals surface area contributed by atoms with Gasteiger partial charge < -0.3 is 10.0 Å². The average molecular weight is 253 g/mol. The Labute approximate surface area is 113 Å². The van der Waals surface area contributed by atoms with Crippen molar-refractivity contribution in [3.8, 4) is 0 Å². The molecule has 1 saturated heterocycles. The van der Waals surface area contributed by atoms with Crippen LogP contribution in [0.15, 0.2) is 0 Å². The second kappa shape index (κ2) is 6.91. The second-order valence-corrected chi connectivity index (χ2v) is 6.78. The summed E-state index contributed by atoms with van der Waals surface area (Å²) in [5, 5.41) is 10.1. The number of piperidine rings is 1. The Morgan fingerprint density at radius 2 is 1.83 bits per heavy atom. The Morgan fingerprint density at radius 3 is 2.50 bits per heavy atom. The van der Waals surface area contributed by atoms with Crippen LogP contribution >= 0.6 is 0 Å². The van der Waals surface area contributed by atoms with Crippen LogP contribution in [0.5, 0.6) is 0 Å². The highest BCUT2D eigenvalue weighted by molar-refractivity contribution is 4.82. The molecule has 0 bridgehead atoms. The molecule has 2 heteroatoms. The van der Waals surface area contributed by atoms with Crippen LogP contribution in [0.2, 0.25) is 0 Å². The molecule has 2 aliphatic rings. The molecule has 2 fully saturated rings. The normalized spacial score (nSPS) is 35.8. The van der Waals surface area contributed by atoms with E-state index in [-0.39, 0.29) is 6.10 Å². The quantitative estimate of drug-likeness (QED) is 0.831. The van der Waals surface area contributed by atoms with Crippen molar-refractivity contribution in [1.29, 1.82) is 0 Å². The number of aliphatic hydroxyl groups is 1. The number of aliphatic hydroxyl groups excluding tert-OH is 1. The molecule has 3 atom stereocenters. The third-order valence-corrected chi connectivity index (χ3v) is 5.10. The molecule has 0 aromatic heterocycles. The van der Waals surface area contributed by atoms with Crippen molar-refractivity contribution in [3.05, 3.63) is 0 Å². The smallest absolute Gasteiger partial charge is 0.0580 e. The van der Waals surface area contributed by atoms with E-state index in [2.05, 4.69) is 18.7 Å². The van der Waals surface area contributed by atoms with Gasteiger partial charge in [-0.25, -0.2) is 0 Å². The number of nitrogens with zero attached hydrogens (tertiary/aromatic N) is 1. The maximum absolute atomic E-state index is 10.1. The van der Waals surface area contributed by atoms with Gasteiger partial charge in [0.05, 0.1) is 6.10 Å². The van der Waals surface area contributed by atoms with Gasteiger partial charge in [0.25, 0.3) is 0 Å². The standard InChI is InChI=1S/C16H31NO/c1-3-4-14-7-9-17(10-8-14)12-15-11-13(2)5-6-16(15)18/h13-16,18H,3-12H2,1-2H3. The van der Waals surface area contributed by atoms with Crippen LogP contribution in [0.25, 0.3) is 0 Å². The lowest BCUT2D eigenvalue weighted by molar-refractivity contribution is 0.0235. The molecule has 0 spiro atoms. The fourth-order valence-corrected chi connectivity index (χ4v) is 3.88. The molecule has 0 aromatic rings. The molecule has 106 valence electrons. The van der Waals surface area contributed by atoms with Crippen molar-refractivity contribution in [2.75, 3.05) is 19.6 Å². The highest BCUT2D eigenvalue weighted by Gasteiger charge is 2.29. The highest BCUT2D eigenvalue weighted by Crippen LogP contribution is 2.31. The van der Waals surface area contributed by atoms with Gasteiger partial charge in [-0.3, -0.25) is 0 Å². The summed E-state index contributed by atoms with van der Waals surface area (Å²) in [5.41, 5.74) is 0. The van der Waals surface area contributed by atoms with Crippen LogP contribution in [0.1, 0.15) is 58.8 Å². The van der Waals surface area contributed by atoms with Crippen molar-refractivity contribution in [3.63, 3.8) is 0 Å². The van der Waals surface area contributed by atoms with Crippen molar-refractivity contribution in [1.82, 2.24) is 4.90 Å². The molecule has 1 heterocycles. The summed E-state index contributed by atoms with van der Waals surface area (Å²) in [6, 6.07) is 0. The summed E-state index contributed by atoms with van der Waals surface area (Å²) in [4.78, 5) is 2.61. The molecule has 2 nitrogen and oxygen atoms in total. The average Bonchev–Trinajstić information content (AvgIpc) is 2.37.